The fourth-order valence-electron chi connectivity index (χ4n) is 3.89. The monoisotopic (exact) mass is 411 g/mol. The minimum Gasteiger partial charge on any atom is -0.493 e. The average molecular weight is 412 g/mol. The third-order valence-electron chi connectivity index (χ3n) is 5.64. The van der Waals surface area contributed by atoms with Gasteiger partial charge in [0.2, 0.25) is 5.91 Å². The van der Waals surface area contributed by atoms with Crippen molar-refractivity contribution in [3.63, 3.8) is 0 Å². The molecule has 0 aromatic heterocycles. The number of benzene rings is 2. The van der Waals surface area contributed by atoms with Crippen LogP contribution >= 0.6 is 0 Å². The fraction of sp³-hybridized carbons (Fsp3) is 0.458. The number of anilines is 2. The summed E-state index contributed by atoms with van der Waals surface area (Å²) in [7, 11) is 5.16. The van der Waals surface area contributed by atoms with Crippen LogP contribution in [-0.2, 0) is 11.3 Å². The van der Waals surface area contributed by atoms with Crippen LogP contribution in [0.15, 0.2) is 42.5 Å². The van der Waals surface area contributed by atoms with E-state index in [1.54, 1.807) is 14.2 Å². The zero-order chi connectivity index (χ0) is 21.5. The van der Waals surface area contributed by atoms with Crippen molar-refractivity contribution in [2.75, 3.05) is 51.1 Å². The standard InChI is InChI=1S/C24H33N3O3/c1-18-12-14-27(15-13-18)21-10-8-20(9-11-21)25-23(28)17-26(2)16-19-6-5-7-22(29-3)24(19)30-4/h5-11,18H,12-17H2,1-4H3,(H,25,28). The number of methoxy groups -OCH3 is 2. The van der Waals surface area contributed by atoms with E-state index in [9.17, 15) is 4.79 Å². The summed E-state index contributed by atoms with van der Waals surface area (Å²) >= 11 is 0. The van der Waals surface area contributed by atoms with Crippen molar-refractivity contribution in [2.45, 2.75) is 26.3 Å². The molecule has 0 bridgehead atoms. The van der Waals surface area contributed by atoms with E-state index >= 15 is 0 Å². The molecule has 1 aliphatic rings. The number of nitrogens with one attached hydrogen (secondary N) is 1. The Labute approximate surface area is 179 Å². The molecule has 162 valence electrons. The highest BCUT2D eigenvalue weighted by Crippen LogP contribution is 2.31. The maximum Gasteiger partial charge on any atom is 0.238 e. The normalized spacial score (nSPS) is 14.6. The second-order valence-electron chi connectivity index (χ2n) is 8.09. The summed E-state index contributed by atoms with van der Waals surface area (Å²) in [4.78, 5) is 16.9. The highest BCUT2D eigenvalue weighted by molar-refractivity contribution is 5.92. The predicted molar refractivity (Wildman–Crippen MR) is 122 cm³/mol. The third-order valence-corrected chi connectivity index (χ3v) is 5.64. The van der Waals surface area contributed by atoms with Crippen molar-refractivity contribution in [2.24, 2.45) is 5.92 Å². The molecule has 6 heteroatoms. The highest BCUT2D eigenvalue weighted by atomic mass is 16.5. The van der Waals surface area contributed by atoms with E-state index in [4.69, 9.17) is 9.47 Å². The second kappa shape index (κ2) is 10.3. The maximum absolute atomic E-state index is 12.5. The number of hydrogen-bond donors (Lipinski definition) is 1. The van der Waals surface area contributed by atoms with Crippen molar-refractivity contribution in [3.05, 3.63) is 48.0 Å². The summed E-state index contributed by atoms with van der Waals surface area (Å²) in [5, 5.41) is 2.99. The zero-order valence-corrected chi connectivity index (χ0v) is 18.5. The molecule has 0 radical (unpaired) electrons. The lowest BCUT2D eigenvalue weighted by molar-refractivity contribution is -0.117. The van der Waals surface area contributed by atoms with Gasteiger partial charge in [0.1, 0.15) is 0 Å². The van der Waals surface area contributed by atoms with E-state index in [2.05, 4.69) is 29.3 Å². The Morgan fingerprint density at radius 2 is 1.80 bits per heavy atom. The quantitative estimate of drug-likeness (QED) is 0.711. The summed E-state index contributed by atoms with van der Waals surface area (Å²) in [5.74, 6) is 2.17. The van der Waals surface area contributed by atoms with Gasteiger partial charge in [-0.2, -0.15) is 0 Å². The van der Waals surface area contributed by atoms with Crippen LogP contribution in [0.5, 0.6) is 11.5 Å². The van der Waals surface area contributed by atoms with Gasteiger partial charge in [-0.3, -0.25) is 9.69 Å². The maximum atomic E-state index is 12.5. The molecule has 6 nitrogen and oxygen atoms in total. The predicted octanol–water partition coefficient (Wildman–Crippen LogP) is 4.01. The Bertz CT molecular complexity index is 830. The van der Waals surface area contributed by atoms with Gasteiger partial charge in [-0.1, -0.05) is 19.1 Å². The molecular weight excluding hydrogens is 378 g/mol. The Morgan fingerprint density at radius 3 is 2.43 bits per heavy atom. The van der Waals surface area contributed by atoms with E-state index in [0.717, 1.165) is 30.3 Å². The summed E-state index contributed by atoms with van der Waals surface area (Å²) in [6, 6.07) is 13.9. The number of nitrogens with zero attached hydrogens (tertiary/aromatic N) is 2. The number of hydrogen-bond acceptors (Lipinski definition) is 5. The zero-order valence-electron chi connectivity index (χ0n) is 18.5. The lowest BCUT2D eigenvalue weighted by Gasteiger charge is -2.32. The van der Waals surface area contributed by atoms with E-state index < -0.39 is 0 Å². The minimum atomic E-state index is -0.0427. The first kappa shape index (κ1) is 22.0. The van der Waals surface area contributed by atoms with E-state index in [0.29, 0.717) is 18.0 Å². The molecule has 2 aromatic rings. The Balaban J connectivity index is 1.53. The topological polar surface area (TPSA) is 54.0 Å². The molecule has 1 fully saturated rings. The van der Waals surface area contributed by atoms with Crippen LogP contribution in [-0.4, -0.2) is 51.7 Å². The summed E-state index contributed by atoms with van der Waals surface area (Å²) in [5.41, 5.74) is 3.02. The molecule has 1 amide bonds. The number of amides is 1. The van der Waals surface area contributed by atoms with Gasteiger partial charge >= 0.3 is 0 Å². The van der Waals surface area contributed by atoms with Gasteiger partial charge in [0.05, 0.1) is 20.8 Å². The van der Waals surface area contributed by atoms with Crippen LogP contribution in [0.2, 0.25) is 0 Å². The largest absolute Gasteiger partial charge is 0.493 e. The number of piperidine rings is 1. The molecule has 0 spiro atoms. The smallest absolute Gasteiger partial charge is 0.238 e. The SMILES string of the molecule is COc1cccc(CN(C)CC(=O)Nc2ccc(N3CCC(C)CC3)cc2)c1OC. The first-order valence-electron chi connectivity index (χ1n) is 10.5. The molecule has 0 unspecified atom stereocenters. The third kappa shape index (κ3) is 5.66. The minimum absolute atomic E-state index is 0.0427. The molecule has 0 atom stereocenters. The number of carbonyl (C=O) groups is 1. The number of ether oxygens (including phenoxy) is 2. The van der Waals surface area contributed by atoms with E-state index in [1.807, 2.05) is 42.3 Å². The van der Waals surface area contributed by atoms with Crippen molar-refractivity contribution in [1.82, 2.24) is 4.90 Å². The number of rotatable bonds is 8. The van der Waals surface area contributed by atoms with Crippen molar-refractivity contribution < 1.29 is 14.3 Å². The molecule has 30 heavy (non-hydrogen) atoms. The molecular formula is C24H33N3O3. The van der Waals surface area contributed by atoms with Gasteiger partial charge in [0.15, 0.2) is 11.5 Å². The summed E-state index contributed by atoms with van der Waals surface area (Å²) in [6.45, 7) is 5.39. The van der Waals surface area contributed by atoms with Gasteiger partial charge in [0, 0.05) is 36.6 Å². The number of likely N-dealkylation sites (N-methyl/N-ethyl adjacent to an activating group) is 1. The Hall–Kier alpha value is -2.73. The van der Waals surface area contributed by atoms with Crippen molar-refractivity contribution in [3.8, 4) is 11.5 Å². The molecule has 0 saturated carbocycles. The fourth-order valence-corrected chi connectivity index (χ4v) is 3.89. The van der Waals surface area contributed by atoms with E-state index in [1.165, 1.54) is 18.5 Å². The highest BCUT2D eigenvalue weighted by Gasteiger charge is 2.16. The molecule has 1 saturated heterocycles. The van der Waals surface area contributed by atoms with Gasteiger partial charge in [0.25, 0.3) is 0 Å². The molecule has 0 aliphatic carbocycles. The van der Waals surface area contributed by atoms with Gasteiger partial charge in [-0.25, -0.2) is 0 Å². The van der Waals surface area contributed by atoms with Gasteiger partial charge < -0.3 is 19.7 Å². The second-order valence-corrected chi connectivity index (χ2v) is 8.09. The molecule has 1 aliphatic heterocycles. The van der Waals surface area contributed by atoms with Crippen molar-refractivity contribution in [1.29, 1.82) is 0 Å². The van der Waals surface area contributed by atoms with Crippen LogP contribution in [0.3, 0.4) is 0 Å². The summed E-state index contributed by atoms with van der Waals surface area (Å²) in [6.07, 6.45) is 2.48. The first-order chi connectivity index (χ1) is 14.5. The molecule has 2 aromatic carbocycles. The molecule has 1 heterocycles. The molecule has 3 rings (SSSR count). The van der Waals surface area contributed by atoms with Crippen LogP contribution in [0.4, 0.5) is 11.4 Å². The van der Waals surface area contributed by atoms with Crippen LogP contribution in [0.25, 0.3) is 0 Å². The number of para-hydroxylation sites is 1. The lowest BCUT2D eigenvalue weighted by Crippen LogP contribution is -2.32. The van der Waals surface area contributed by atoms with Crippen molar-refractivity contribution >= 4 is 17.3 Å². The summed E-state index contributed by atoms with van der Waals surface area (Å²) < 4.78 is 10.8. The van der Waals surface area contributed by atoms with Gasteiger partial charge in [-0.15, -0.1) is 0 Å². The Morgan fingerprint density at radius 1 is 1.10 bits per heavy atom. The lowest BCUT2D eigenvalue weighted by atomic mass is 9.99. The Kier molecular flexibility index (Phi) is 7.57. The number of carbonyl (C=O) groups excluding carboxylic acids is 1. The average Bonchev–Trinajstić information content (AvgIpc) is 2.74. The molecule has 1 N–H and O–H groups in total. The first-order valence-corrected chi connectivity index (χ1v) is 10.5. The van der Waals surface area contributed by atoms with Gasteiger partial charge in [-0.05, 0) is 56.1 Å². The van der Waals surface area contributed by atoms with Crippen LogP contribution in [0, 0.1) is 5.92 Å². The van der Waals surface area contributed by atoms with E-state index in [-0.39, 0.29) is 12.5 Å². The van der Waals surface area contributed by atoms with Crippen LogP contribution in [0.1, 0.15) is 25.3 Å². The van der Waals surface area contributed by atoms with Crippen LogP contribution < -0.4 is 19.7 Å².